The minimum absolute atomic E-state index is 0.0418. The number of aliphatic carboxylic acids is 3. The second-order valence-corrected chi connectivity index (χ2v) is 7.74. The van der Waals surface area contributed by atoms with E-state index in [2.05, 4.69) is 0 Å². The van der Waals surface area contributed by atoms with Crippen LogP contribution in [-0.4, -0.2) is 33.2 Å². The van der Waals surface area contributed by atoms with Crippen molar-refractivity contribution in [1.82, 2.24) is 0 Å². The number of hydrogen-bond donors (Lipinski definition) is 3. The van der Waals surface area contributed by atoms with Crippen LogP contribution in [0.1, 0.15) is 51.4 Å². The molecule has 0 aromatic heterocycles. The highest BCUT2D eigenvalue weighted by Gasteiger charge is 2.66. The van der Waals surface area contributed by atoms with Crippen molar-refractivity contribution in [3.8, 4) is 0 Å². The van der Waals surface area contributed by atoms with E-state index in [4.69, 9.17) is 0 Å². The second kappa shape index (κ2) is 4.21. The molecule has 0 unspecified atom stereocenters. The summed E-state index contributed by atoms with van der Waals surface area (Å²) in [5, 5.41) is 28.1. The van der Waals surface area contributed by atoms with Gasteiger partial charge in [0.1, 0.15) is 0 Å². The Morgan fingerprint density at radius 1 is 0.810 bits per heavy atom. The fourth-order valence-corrected chi connectivity index (χ4v) is 6.12. The molecule has 0 saturated heterocycles. The standard InChI is InChI=1S/C15H20O6/c16-10(17)4-13-1-9-2-14(6-13,5-11(18)19)8-15(3-9,7-13)12(20)21/h9H,1-8H2,(H,16,17)(H,18,19)(H,20,21)/t9?,13-,14-,15?/m1/s1. The zero-order valence-electron chi connectivity index (χ0n) is 11.8. The zero-order valence-corrected chi connectivity index (χ0v) is 11.8. The fourth-order valence-electron chi connectivity index (χ4n) is 6.12. The van der Waals surface area contributed by atoms with Crippen molar-refractivity contribution < 1.29 is 29.7 Å². The lowest BCUT2D eigenvalue weighted by Crippen LogP contribution is -2.60. The van der Waals surface area contributed by atoms with Gasteiger partial charge in [0.05, 0.1) is 18.3 Å². The summed E-state index contributed by atoms with van der Waals surface area (Å²) in [5.41, 5.74) is -1.97. The van der Waals surface area contributed by atoms with E-state index in [1.165, 1.54) is 0 Å². The Morgan fingerprint density at radius 2 is 1.29 bits per heavy atom. The Kier molecular flexibility index (Phi) is 2.88. The molecule has 2 atom stereocenters. The van der Waals surface area contributed by atoms with Crippen molar-refractivity contribution in [2.45, 2.75) is 51.4 Å². The lowest BCUT2D eigenvalue weighted by molar-refractivity contribution is -0.198. The van der Waals surface area contributed by atoms with Gasteiger partial charge in [-0.1, -0.05) is 0 Å². The van der Waals surface area contributed by atoms with Crippen LogP contribution in [0.15, 0.2) is 0 Å². The Balaban J connectivity index is 2.01. The van der Waals surface area contributed by atoms with Gasteiger partial charge < -0.3 is 15.3 Å². The van der Waals surface area contributed by atoms with Gasteiger partial charge >= 0.3 is 17.9 Å². The van der Waals surface area contributed by atoms with Crippen molar-refractivity contribution in [2.24, 2.45) is 22.2 Å². The van der Waals surface area contributed by atoms with Gasteiger partial charge in [-0.3, -0.25) is 14.4 Å². The maximum absolute atomic E-state index is 11.8. The number of carboxylic acids is 3. The van der Waals surface area contributed by atoms with E-state index in [9.17, 15) is 29.7 Å². The Morgan fingerprint density at radius 3 is 1.67 bits per heavy atom. The van der Waals surface area contributed by atoms with Crippen molar-refractivity contribution in [2.75, 3.05) is 0 Å². The van der Waals surface area contributed by atoms with Gasteiger partial charge in [0.2, 0.25) is 0 Å². The SMILES string of the molecule is O=C(O)C[C@@]12CC3CC(C(=O)O)(C1)C[C@@](CC(=O)O)(C3)C2. The molecule has 0 aromatic rings. The van der Waals surface area contributed by atoms with E-state index >= 15 is 0 Å². The molecule has 4 bridgehead atoms. The van der Waals surface area contributed by atoms with Crippen LogP contribution in [0, 0.1) is 22.2 Å². The molecule has 0 heterocycles. The van der Waals surface area contributed by atoms with Crippen LogP contribution < -0.4 is 0 Å². The average molecular weight is 296 g/mol. The predicted molar refractivity (Wildman–Crippen MR) is 70.6 cm³/mol. The first-order valence-corrected chi connectivity index (χ1v) is 7.35. The highest BCUT2D eigenvalue weighted by Crippen LogP contribution is 2.71. The molecule has 116 valence electrons. The molecule has 4 fully saturated rings. The zero-order chi connectivity index (χ0) is 15.5. The van der Waals surface area contributed by atoms with Crippen LogP contribution in [0.2, 0.25) is 0 Å². The molecule has 6 nitrogen and oxygen atoms in total. The predicted octanol–water partition coefficient (Wildman–Crippen LogP) is 1.98. The molecule has 4 aliphatic rings. The van der Waals surface area contributed by atoms with Crippen molar-refractivity contribution >= 4 is 17.9 Å². The fraction of sp³-hybridized carbons (Fsp3) is 0.800. The lowest BCUT2D eigenvalue weighted by Gasteiger charge is -2.65. The van der Waals surface area contributed by atoms with Crippen LogP contribution in [0.4, 0.5) is 0 Å². The first-order chi connectivity index (χ1) is 9.68. The summed E-state index contributed by atoms with van der Waals surface area (Å²) >= 11 is 0. The summed E-state index contributed by atoms with van der Waals surface area (Å²) in [5.74, 6) is -2.56. The largest absolute Gasteiger partial charge is 0.481 e. The first-order valence-electron chi connectivity index (χ1n) is 7.35. The number of carboxylic acid groups (broad SMARTS) is 3. The van der Waals surface area contributed by atoms with Gasteiger partial charge in [0.25, 0.3) is 0 Å². The molecule has 0 amide bonds. The Bertz CT molecular complexity index is 492. The second-order valence-electron chi connectivity index (χ2n) is 7.74. The van der Waals surface area contributed by atoms with Crippen LogP contribution in [0.3, 0.4) is 0 Å². The van der Waals surface area contributed by atoms with E-state index in [1.807, 2.05) is 0 Å². The monoisotopic (exact) mass is 296 g/mol. The van der Waals surface area contributed by atoms with E-state index in [0.717, 1.165) is 12.8 Å². The van der Waals surface area contributed by atoms with Gasteiger partial charge in [0, 0.05) is 0 Å². The van der Waals surface area contributed by atoms with Gasteiger partial charge in [0.15, 0.2) is 0 Å². The smallest absolute Gasteiger partial charge is 0.309 e. The van der Waals surface area contributed by atoms with Crippen molar-refractivity contribution in [3.63, 3.8) is 0 Å². The summed E-state index contributed by atoms with van der Waals surface area (Å²) in [6, 6.07) is 0. The van der Waals surface area contributed by atoms with E-state index < -0.39 is 34.2 Å². The van der Waals surface area contributed by atoms with Gasteiger partial charge in [-0.15, -0.1) is 0 Å². The quantitative estimate of drug-likeness (QED) is 0.715. The molecule has 4 aliphatic carbocycles. The van der Waals surface area contributed by atoms with Crippen molar-refractivity contribution in [1.29, 1.82) is 0 Å². The number of hydrogen-bond acceptors (Lipinski definition) is 3. The Hall–Kier alpha value is -1.59. The molecule has 0 spiro atoms. The summed E-state index contributed by atoms with van der Waals surface area (Å²) in [7, 11) is 0. The molecule has 0 aromatic carbocycles. The van der Waals surface area contributed by atoms with E-state index in [-0.39, 0.29) is 18.8 Å². The molecule has 4 saturated carbocycles. The van der Waals surface area contributed by atoms with Gasteiger partial charge in [-0.2, -0.15) is 0 Å². The summed E-state index contributed by atoms with van der Waals surface area (Å²) in [4.78, 5) is 34.3. The molecule has 0 radical (unpaired) electrons. The minimum Gasteiger partial charge on any atom is -0.481 e. The van der Waals surface area contributed by atoms with E-state index in [0.29, 0.717) is 25.7 Å². The topological polar surface area (TPSA) is 112 Å². The normalized spacial score (nSPS) is 43.7. The molecule has 0 aliphatic heterocycles. The summed E-state index contributed by atoms with van der Waals surface area (Å²) < 4.78 is 0. The maximum Gasteiger partial charge on any atom is 0.309 e. The molecule has 6 heteroatoms. The van der Waals surface area contributed by atoms with Crippen molar-refractivity contribution in [3.05, 3.63) is 0 Å². The number of rotatable bonds is 5. The third-order valence-electron chi connectivity index (χ3n) is 5.81. The summed E-state index contributed by atoms with van der Waals surface area (Å²) in [6.07, 6.45) is 3.28. The third kappa shape index (κ3) is 2.21. The maximum atomic E-state index is 11.8. The molecular formula is C15H20O6. The highest BCUT2D eigenvalue weighted by molar-refractivity contribution is 5.77. The molecule has 21 heavy (non-hydrogen) atoms. The molecule has 3 N–H and O–H groups in total. The summed E-state index contributed by atoms with van der Waals surface area (Å²) in [6.45, 7) is 0. The third-order valence-corrected chi connectivity index (χ3v) is 5.81. The minimum atomic E-state index is -0.914. The number of carbonyl (C=O) groups is 3. The van der Waals surface area contributed by atoms with Crippen LogP contribution in [0.25, 0.3) is 0 Å². The van der Waals surface area contributed by atoms with Crippen LogP contribution in [0.5, 0.6) is 0 Å². The molecule has 4 rings (SSSR count). The van der Waals surface area contributed by atoms with Crippen LogP contribution in [-0.2, 0) is 14.4 Å². The molecular weight excluding hydrogens is 276 g/mol. The average Bonchev–Trinajstić information content (AvgIpc) is 2.22. The van der Waals surface area contributed by atoms with Gasteiger partial charge in [-0.25, -0.2) is 0 Å². The van der Waals surface area contributed by atoms with Crippen LogP contribution >= 0.6 is 0 Å². The first kappa shape index (κ1) is 14.4. The lowest BCUT2D eigenvalue weighted by atomic mass is 9.38. The Labute approximate surface area is 122 Å². The highest BCUT2D eigenvalue weighted by atomic mass is 16.4. The van der Waals surface area contributed by atoms with Gasteiger partial charge in [-0.05, 0) is 55.3 Å². The van der Waals surface area contributed by atoms with E-state index in [1.54, 1.807) is 0 Å².